The Bertz CT molecular complexity index is 1340. The molecule has 12 heteroatoms. The van der Waals surface area contributed by atoms with Crippen LogP contribution in [0.3, 0.4) is 0 Å². The molecule has 1 amide bonds. The van der Waals surface area contributed by atoms with Gasteiger partial charge in [-0.1, -0.05) is 31.5 Å². The Kier molecular flexibility index (Phi) is 10.1. The highest BCUT2D eigenvalue weighted by Crippen LogP contribution is 2.29. The lowest BCUT2D eigenvalue weighted by Crippen LogP contribution is -2.37. The quantitative estimate of drug-likeness (QED) is 0.189. The fraction of sp³-hybridized carbons (Fsp3) is 0.379. The van der Waals surface area contributed by atoms with E-state index in [1.807, 2.05) is 6.92 Å². The smallest absolute Gasteiger partial charge is 0.493 e. The van der Waals surface area contributed by atoms with Crippen LogP contribution in [-0.4, -0.2) is 47.7 Å². The van der Waals surface area contributed by atoms with Gasteiger partial charge in [-0.25, -0.2) is 24.5 Å². The molecule has 0 unspecified atom stereocenters. The summed E-state index contributed by atoms with van der Waals surface area (Å²) in [6.45, 7) is 7.32. The highest BCUT2D eigenvalue weighted by Gasteiger charge is 2.31. The Hall–Kier alpha value is -4.35. The van der Waals surface area contributed by atoms with E-state index in [-0.39, 0.29) is 18.1 Å². The van der Waals surface area contributed by atoms with Crippen molar-refractivity contribution in [2.75, 3.05) is 18.6 Å². The summed E-state index contributed by atoms with van der Waals surface area (Å²) in [6, 6.07) is 10.2. The molecule has 3 aromatic rings. The van der Waals surface area contributed by atoms with Crippen molar-refractivity contribution in [1.82, 2.24) is 9.97 Å². The number of hydrogen-bond donors (Lipinski definition) is 0. The lowest BCUT2D eigenvalue weighted by Gasteiger charge is -2.26. The van der Waals surface area contributed by atoms with Crippen LogP contribution >= 0.6 is 0 Å². The van der Waals surface area contributed by atoms with Crippen LogP contribution in [-0.2, 0) is 16.0 Å². The third-order valence-corrected chi connectivity index (χ3v) is 5.44. The molecule has 1 heterocycles. The van der Waals surface area contributed by atoms with Gasteiger partial charge in [-0.3, -0.25) is 0 Å². The first-order chi connectivity index (χ1) is 19.3. The number of nitrogens with zero attached hydrogens (tertiary/aromatic N) is 3. The Balaban J connectivity index is 1.92. The van der Waals surface area contributed by atoms with Gasteiger partial charge in [0.2, 0.25) is 5.95 Å². The number of halogens is 3. The van der Waals surface area contributed by atoms with E-state index in [1.54, 1.807) is 39.0 Å². The molecule has 9 nitrogen and oxygen atoms in total. The monoisotopic (exact) mass is 575 g/mol. The summed E-state index contributed by atoms with van der Waals surface area (Å²) in [7, 11) is 1.28. The zero-order valence-corrected chi connectivity index (χ0v) is 23.4. The molecule has 0 atom stereocenters. The molecule has 1 aromatic heterocycles. The number of methoxy groups -OCH3 is 1. The van der Waals surface area contributed by atoms with Gasteiger partial charge in [0.15, 0.2) is 0 Å². The number of anilines is 1. The molecule has 0 N–H and O–H groups in total. The molecular formula is C29H32F3N3O6. The van der Waals surface area contributed by atoms with Crippen molar-refractivity contribution in [1.29, 1.82) is 0 Å². The number of carbonyl (C=O) groups is 2. The second-order valence-corrected chi connectivity index (χ2v) is 9.94. The Morgan fingerprint density at radius 1 is 0.976 bits per heavy atom. The maximum absolute atomic E-state index is 13.1. The summed E-state index contributed by atoms with van der Waals surface area (Å²) in [5, 5.41) is 0. The minimum Gasteiger partial charge on any atom is -0.493 e. The van der Waals surface area contributed by atoms with Crippen molar-refractivity contribution in [3.8, 4) is 22.6 Å². The molecule has 0 fully saturated rings. The number of benzene rings is 2. The van der Waals surface area contributed by atoms with E-state index in [2.05, 4.69) is 14.7 Å². The van der Waals surface area contributed by atoms with Crippen LogP contribution in [0.5, 0.6) is 11.5 Å². The lowest BCUT2D eigenvalue weighted by atomic mass is 10.0. The van der Waals surface area contributed by atoms with Gasteiger partial charge in [-0.2, -0.15) is 0 Å². The van der Waals surface area contributed by atoms with Gasteiger partial charge in [0.05, 0.1) is 20.3 Å². The predicted molar refractivity (Wildman–Crippen MR) is 145 cm³/mol. The average molecular weight is 576 g/mol. The zero-order valence-electron chi connectivity index (χ0n) is 23.4. The SMILES string of the molecule is CCCCOc1ccc(-c2cnc(N(Cc3cccc(OC(F)(F)F)c3)C(=O)OC(C)(C)C)nc2)cc1C(=O)OC. The van der Waals surface area contributed by atoms with E-state index >= 15 is 0 Å². The standard InChI is InChI=1S/C29H32F3N3O6/c1-6-7-13-39-24-12-11-20(15-23(24)25(36)38-5)21-16-33-26(34-17-21)35(27(37)41-28(2,3)4)18-19-9-8-10-22(14-19)40-29(30,31)32/h8-12,14-17H,6-7,13,18H2,1-5H3. The second-order valence-electron chi connectivity index (χ2n) is 9.94. The van der Waals surface area contributed by atoms with Gasteiger partial charge in [0.25, 0.3) is 0 Å². The number of ether oxygens (including phenoxy) is 4. The highest BCUT2D eigenvalue weighted by molar-refractivity contribution is 5.94. The van der Waals surface area contributed by atoms with Crippen LogP contribution in [0.15, 0.2) is 54.9 Å². The molecule has 0 aliphatic carbocycles. The topological polar surface area (TPSA) is 100 Å². The number of aromatic nitrogens is 2. The largest absolute Gasteiger partial charge is 0.573 e. The van der Waals surface area contributed by atoms with Crippen molar-refractivity contribution >= 4 is 18.0 Å². The number of hydrogen-bond acceptors (Lipinski definition) is 8. The van der Waals surface area contributed by atoms with Gasteiger partial charge in [0.1, 0.15) is 22.7 Å². The van der Waals surface area contributed by atoms with Crippen molar-refractivity contribution in [2.24, 2.45) is 0 Å². The van der Waals surface area contributed by atoms with E-state index in [9.17, 15) is 22.8 Å². The Labute approximate surface area is 236 Å². The van der Waals surface area contributed by atoms with Crippen LogP contribution < -0.4 is 14.4 Å². The second kappa shape index (κ2) is 13.3. The number of alkyl halides is 3. The molecule has 2 aromatic carbocycles. The number of carbonyl (C=O) groups excluding carboxylic acids is 2. The maximum atomic E-state index is 13.1. The van der Waals surface area contributed by atoms with Gasteiger partial charge in [-0.05, 0) is 62.6 Å². The molecule has 220 valence electrons. The average Bonchev–Trinajstić information content (AvgIpc) is 2.90. The minimum absolute atomic E-state index is 0.0437. The van der Waals surface area contributed by atoms with E-state index < -0.39 is 29.8 Å². The number of esters is 1. The van der Waals surface area contributed by atoms with Crippen LogP contribution in [0, 0.1) is 0 Å². The summed E-state index contributed by atoms with van der Waals surface area (Å²) in [4.78, 5) is 35.2. The maximum Gasteiger partial charge on any atom is 0.573 e. The number of unbranched alkanes of at least 4 members (excludes halogenated alkanes) is 1. The van der Waals surface area contributed by atoms with Crippen molar-refractivity contribution < 1.29 is 41.7 Å². The fourth-order valence-electron chi connectivity index (χ4n) is 3.60. The van der Waals surface area contributed by atoms with E-state index in [1.165, 1.54) is 31.6 Å². The summed E-state index contributed by atoms with van der Waals surface area (Å²) in [5.41, 5.74) is 0.833. The predicted octanol–water partition coefficient (Wildman–Crippen LogP) is 6.95. The summed E-state index contributed by atoms with van der Waals surface area (Å²) in [6.07, 6.45) is -0.994. The molecule has 0 spiro atoms. The molecular weight excluding hydrogens is 543 g/mol. The van der Waals surface area contributed by atoms with Crippen LogP contribution in [0.4, 0.5) is 23.9 Å². The third-order valence-electron chi connectivity index (χ3n) is 5.44. The molecule has 3 rings (SSSR count). The molecule has 0 aliphatic heterocycles. The molecule has 0 aliphatic rings. The van der Waals surface area contributed by atoms with Crippen molar-refractivity contribution in [3.63, 3.8) is 0 Å². The molecule has 0 radical (unpaired) electrons. The van der Waals surface area contributed by atoms with Crippen LogP contribution in [0.2, 0.25) is 0 Å². The highest BCUT2D eigenvalue weighted by atomic mass is 19.4. The van der Waals surface area contributed by atoms with Crippen molar-refractivity contribution in [2.45, 2.75) is 59.0 Å². The first-order valence-corrected chi connectivity index (χ1v) is 12.8. The molecule has 0 saturated heterocycles. The fourth-order valence-corrected chi connectivity index (χ4v) is 3.60. The van der Waals surface area contributed by atoms with Gasteiger partial charge in [-0.15, -0.1) is 13.2 Å². The Morgan fingerprint density at radius 2 is 1.68 bits per heavy atom. The van der Waals surface area contributed by atoms with Gasteiger partial charge >= 0.3 is 18.4 Å². The summed E-state index contributed by atoms with van der Waals surface area (Å²) >= 11 is 0. The van der Waals surface area contributed by atoms with Crippen LogP contribution in [0.25, 0.3) is 11.1 Å². The first-order valence-electron chi connectivity index (χ1n) is 12.8. The third kappa shape index (κ3) is 9.37. The van der Waals surface area contributed by atoms with Gasteiger partial charge < -0.3 is 18.9 Å². The minimum atomic E-state index is -4.87. The Morgan fingerprint density at radius 3 is 2.29 bits per heavy atom. The molecule has 41 heavy (non-hydrogen) atoms. The van der Waals surface area contributed by atoms with Crippen molar-refractivity contribution in [3.05, 3.63) is 66.0 Å². The number of rotatable bonds is 10. The van der Waals surface area contributed by atoms with Gasteiger partial charge in [0, 0.05) is 18.0 Å². The first kappa shape index (κ1) is 31.2. The summed E-state index contributed by atoms with van der Waals surface area (Å²) < 4.78 is 58.3. The molecule has 0 bridgehead atoms. The van der Waals surface area contributed by atoms with E-state index in [0.717, 1.165) is 29.9 Å². The van der Waals surface area contributed by atoms with Crippen LogP contribution in [0.1, 0.15) is 56.5 Å². The number of amides is 1. The normalized spacial score (nSPS) is 11.5. The zero-order chi connectivity index (χ0) is 30.2. The molecule has 0 saturated carbocycles. The lowest BCUT2D eigenvalue weighted by molar-refractivity contribution is -0.274. The summed E-state index contributed by atoms with van der Waals surface area (Å²) in [5.74, 6) is -0.653. The van der Waals surface area contributed by atoms with E-state index in [4.69, 9.17) is 14.2 Å². The van der Waals surface area contributed by atoms with E-state index in [0.29, 0.717) is 29.0 Å².